The molecule has 0 radical (unpaired) electrons. The number of rotatable bonds is 29. The van der Waals surface area contributed by atoms with Crippen molar-refractivity contribution in [1.29, 1.82) is 0 Å². The summed E-state index contributed by atoms with van der Waals surface area (Å²) < 4.78 is 0. The van der Waals surface area contributed by atoms with E-state index in [-0.39, 0.29) is 29.5 Å². The molecule has 141 heavy (non-hydrogen) atoms. The lowest BCUT2D eigenvalue weighted by atomic mass is 9.88. The zero-order chi connectivity index (χ0) is 99.3. The second-order valence-electron chi connectivity index (χ2n) is 41.5. The van der Waals surface area contributed by atoms with Gasteiger partial charge in [-0.15, -0.1) is 58.8 Å². The number of anilines is 10. The molecule has 0 atom stereocenters. The first-order chi connectivity index (χ1) is 67.9. The normalized spacial score (nSPS) is 17.8. The first-order valence-electron chi connectivity index (χ1n) is 50.9. The Balaban J connectivity index is 0.000000140. The van der Waals surface area contributed by atoms with Crippen molar-refractivity contribution in [1.82, 2.24) is 24.5 Å². The van der Waals surface area contributed by atoms with E-state index in [1.165, 1.54) is 212 Å². The summed E-state index contributed by atoms with van der Waals surface area (Å²) in [7, 11) is 0. The monoisotopic (exact) mass is 2000 g/mol. The van der Waals surface area contributed by atoms with E-state index in [1.807, 2.05) is 230 Å². The van der Waals surface area contributed by atoms with Crippen molar-refractivity contribution < 1.29 is 29.1 Å². The largest absolute Gasteiger partial charge is 0.397 e. The molecule has 0 aromatic heterocycles. The van der Waals surface area contributed by atoms with Gasteiger partial charge in [-0.1, -0.05) is 108 Å². The molecule has 16 N–H and O–H groups in total. The third kappa shape index (κ3) is 35.8. The van der Waals surface area contributed by atoms with Gasteiger partial charge in [0.05, 0.1) is 62.5 Å². The average Bonchev–Trinajstić information content (AvgIpc) is 1.69. The number of piperidine rings is 5. The Kier molecular flexibility index (Phi) is 39.8. The summed E-state index contributed by atoms with van der Waals surface area (Å²) in [6.07, 6.45) is 25.0. The van der Waals surface area contributed by atoms with E-state index in [2.05, 4.69) is 127 Å². The van der Waals surface area contributed by atoms with Crippen LogP contribution in [0.2, 0.25) is 0 Å². The van der Waals surface area contributed by atoms with E-state index < -0.39 is 5.60 Å². The van der Waals surface area contributed by atoms with Crippen LogP contribution in [0, 0.1) is 22.7 Å². The summed E-state index contributed by atoms with van der Waals surface area (Å²) in [6, 6.07) is 76.0. The molecule has 750 valence electrons. The van der Waals surface area contributed by atoms with Crippen molar-refractivity contribution in [3.05, 3.63) is 270 Å². The highest BCUT2D eigenvalue weighted by atomic mass is 32.2. The summed E-state index contributed by atoms with van der Waals surface area (Å²) in [5.41, 5.74) is 39.1. The molecule has 8 fully saturated rings. The van der Waals surface area contributed by atoms with Crippen LogP contribution < -0.4 is 55.3 Å². The first-order valence-corrected chi connectivity index (χ1v) is 55.3. The van der Waals surface area contributed by atoms with Gasteiger partial charge in [-0.05, 0) is 387 Å². The van der Waals surface area contributed by atoms with Gasteiger partial charge in [0.2, 0.25) is 0 Å². The maximum absolute atomic E-state index is 12.5. The van der Waals surface area contributed by atoms with Gasteiger partial charge in [0.1, 0.15) is 0 Å². The van der Waals surface area contributed by atoms with Crippen LogP contribution in [0.15, 0.2) is 267 Å². The molecule has 10 aromatic carbocycles. The SMILES string of the molecule is CC(C)(C)CN1CCC(Sc2ccc(C(=O)Nc3ccccc3N)cc2)CC1.CC(C)(O)CN1CCC(Sc2ccc(C(=O)Nc3ccccc3N)cc2)CC1.CC1(CN2CCC(Sc3ccc(C(=O)Nc4ccccc4N)cc3)CC2)CC1.Nc1ccccc1NC(=O)c1ccc(SC2CCN(CC3CC3)CC2)cc1.Nc1ccccc1NC(=O)c1ccc(SC2CCN(CC3CCCCC3)CC2)cc1. The molecule has 5 saturated heterocycles. The van der Waals surface area contributed by atoms with Gasteiger partial charge in [-0.25, -0.2) is 0 Å². The standard InChI is InChI=1S/C25H33N3OS.C23H29N3OS.C23H31N3OS.C22H29N3O2S.C22H27N3OS/c26-23-8-4-5-9-24(23)27-25(29)20-10-12-21(13-11-20)30-22-14-16-28(17-15-22)18-19-6-2-1-3-7-19;1-23(12-13-23)16-26-14-10-19(11-15-26)28-18-8-6-17(7-9-18)22(27)25-21-5-3-2-4-20(21)24;1-23(2,3)16-26-14-12-19(13-15-26)28-18-10-8-17(9-11-18)22(27)25-21-7-5-4-6-20(21)24;1-22(2,27)15-25-13-11-18(12-14-25)28-17-9-7-16(8-10-17)21(26)24-20-6-4-3-5-19(20)23;23-20-3-1-2-4-21(20)24-22(26)17-7-9-18(10-8-17)27-19-11-13-25(14-12-19)15-16-5-6-16/h4-5,8-13,19,22H,1-3,6-7,14-18,26H2,(H,27,29);2-9,19H,10-16,24H2,1H3,(H,25,27);4-11,19H,12-16,24H2,1-3H3,(H,25,27);3-10,18,27H,11-15,23H2,1-2H3,(H,24,26);1-4,7-10,16,19H,5-6,11-15,23H2,(H,24,26). The number of para-hydroxylation sites is 10. The van der Waals surface area contributed by atoms with E-state index in [9.17, 15) is 29.1 Å². The molecular weight excluding hydrogens is 1850 g/mol. The van der Waals surface area contributed by atoms with Crippen LogP contribution in [0.4, 0.5) is 56.9 Å². The van der Waals surface area contributed by atoms with Gasteiger partial charge in [0.25, 0.3) is 29.5 Å². The van der Waals surface area contributed by atoms with E-state index in [4.69, 9.17) is 28.7 Å². The summed E-state index contributed by atoms with van der Waals surface area (Å²) in [4.78, 5) is 81.2. The van der Waals surface area contributed by atoms with E-state index >= 15 is 0 Å². The number of benzene rings is 10. The molecule has 21 nitrogen and oxygen atoms in total. The lowest BCUT2D eigenvalue weighted by molar-refractivity contribution is 0.0307. The minimum Gasteiger partial charge on any atom is -0.397 e. The minimum absolute atomic E-state index is 0.125. The quantitative estimate of drug-likeness (QED) is 0.0194. The number of amides is 5. The third-order valence-electron chi connectivity index (χ3n) is 27.3. The number of hydrogen-bond donors (Lipinski definition) is 11. The van der Waals surface area contributed by atoms with Crippen LogP contribution in [0.3, 0.4) is 0 Å². The molecule has 3 saturated carbocycles. The number of carbonyl (C=O) groups is 5. The molecule has 0 spiro atoms. The van der Waals surface area contributed by atoms with E-state index in [0.717, 1.165) is 44.3 Å². The Labute approximate surface area is 858 Å². The number of nitrogens with one attached hydrogen (secondary N) is 5. The van der Waals surface area contributed by atoms with Crippen molar-refractivity contribution in [2.24, 2.45) is 22.7 Å². The molecule has 10 aromatic rings. The zero-order valence-corrected chi connectivity index (χ0v) is 87.4. The average molecular weight is 2000 g/mol. The number of nitrogen functional groups attached to an aromatic ring is 5. The maximum atomic E-state index is 12.5. The number of β-amino-alcohol motifs (C(OH)–C–C–N with tert-alkyl or cyclic N) is 1. The summed E-state index contributed by atoms with van der Waals surface area (Å²) >= 11 is 9.66. The number of hydrogen-bond acceptors (Lipinski definition) is 21. The Morgan fingerprint density at radius 3 is 0.738 bits per heavy atom. The summed E-state index contributed by atoms with van der Waals surface area (Å²) in [6.45, 7) is 30.6. The number of nitrogens with zero attached hydrogens (tertiary/aromatic N) is 5. The number of aliphatic hydroxyl groups is 1. The Morgan fingerprint density at radius 1 is 0.298 bits per heavy atom. The second kappa shape index (κ2) is 52.5. The fourth-order valence-corrected chi connectivity index (χ4v) is 24.5. The fourth-order valence-electron chi connectivity index (χ4n) is 18.9. The van der Waals surface area contributed by atoms with Crippen LogP contribution in [-0.4, -0.2) is 189 Å². The van der Waals surface area contributed by atoms with Crippen molar-refractivity contribution in [2.45, 2.75) is 220 Å². The van der Waals surface area contributed by atoms with Crippen LogP contribution in [0.25, 0.3) is 0 Å². The van der Waals surface area contributed by atoms with Crippen molar-refractivity contribution >= 4 is 145 Å². The number of nitrogens with two attached hydrogens (primary N) is 5. The molecule has 5 heterocycles. The summed E-state index contributed by atoms with van der Waals surface area (Å²) in [5.74, 6) is 1.25. The van der Waals surface area contributed by atoms with E-state index in [1.54, 1.807) is 36.4 Å². The molecule has 0 bridgehead atoms. The van der Waals surface area contributed by atoms with Gasteiger partial charge in [0.15, 0.2) is 0 Å². The van der Waals surface area contributed by atoms with Crippen LogP contribution in [0.1, 0.15) is 215 Å². The van der Waals surface area contributed by atoms with Crippen molar-refractivity contribution in [3.63, 3.8) is 0 Å². The fraction of sp³-hybridized carbons (Fsp3) is 0.435. The smallest absolute Gasteiger partial charge is 0.255 e. The second-order valence-corrected chi connectivity index (χ2v) is 48.3. The Hall–Kier alpha value is -9.94. The molecule has 0 unspecified atom stereocenters. The maximum Gasteiger partial charge on any atom is 0.255 e. The molecule has 5 aliphatic heterocycles. The van der Waals surface area contributed by atoms with Crippen LogP contribution >= 0.6 is 58.8 Å². The van der Waals surface area contributed by atoms with Gasteiger partial charge in [-0.3, -0.25) is 24.0 Å². The number of likely N-dealkylation sites (tertiary alicyclic amines) is 5. The number of thioether (sulfide) groups is 5. The lowest BCUT2D eigenvalue weighted by Gasteiger charge is -2.35. The zero-order valence-electron chi connectivity index (χ0n) is 83.3. The topological polar surface area (TPSA) is 312 Å². The molecule has 26 heteroatoms. The first kappa shape index (κ1) is 107. The Morgan fingerprint density at radius 2 is 0.518 bits per heavy atom. The van der Waals surface area contributed by atoms with Gasteiger partial charge in [0, 0.05) is 111 Å². The summed E-state index contributed by atoms with van der Waals surface area (Å²) in [5, 5.41) is 27.6. The van der Waals surface area contributed by atoms with Crippen LogP contribution in [-0.2, 0) is 0 Å². The molecule has 5 amide bonds. The van der Waals surface area contributed by atoms with E-state index in [0.29, 0.717) is 122 Å². The minimum atomic E-state index is -0.638. The highest BCUT2D eigenvalue weighted by Gasteiger charge is 2.40. The molecule has 8 aliphatic rings. The van der Waals surface area contributed by atoms with Gasteiger partial charge in [-0.2, -0.15) is 0 Å². The van der Waals surface area contributed by atoms with Gasteiger partial charge < -0.3 is 84.9 Å². The highest BCUT2D eigenvalue weighted by Crippen LogP contribution is 2.47. The van der Waals surface area contributed by atoms with Crippen LogP contribution in [0.5, 0.6) is 0 Å². The van der Waals surface area contributed by atoms with Crippen molar-refractivity contribution in [3.8, 4) is 0 Å². The molecular formula is C115H149N15O6S5. The highest BCUT2D eigenvalue weighted by molar-refractivity contribution is 8.01. The molecule has 3 aliphatic carbocycles. The Bertz CT molecular complexity index is 5300. The third-order valence-corrected chi connectivity index (χ3v) is 34.0. The van der Waals surface area contributed by atoms with Gasteiger partial charge >= 0.3 is 0 Å². The number of carbonyl (C=O) groups excluding carboxylic acids is 5. The molecule has 18 rings (SSSR count). The van der Waals surface area contributed by atoms with Crippen molar-refractivity contribution in [2.75, 3.05) is 153 Å². The predicted molar refractivity (Wildman–Crippen MR) is 595 cm³/mol. The predicted octanol–water partition coefficient (Wildman–Crippen LogP) is 24.0. The lowest BCUT2D eigenvalue weighted by Crippen LogP contribution is -2.43.